The number of ether oxygens (including phenoxy) is 1. The van der Waals surface area contributed by atoms with Gasteiger partial charge in [0.1, 0.15) is 5.75 Å². The van der Waals surface area contributed by atoms with Crippen LogP contribution in [0.2, 0.25) is 5.02 Å². The lowest BCUT2D eigenvalue weighted by atomic mass is 10.2. The predicted molar refractivity (Wildman–Crippen MR) is 83.7 cm³/mol. The molecule has 0 atom stereocenters. The number of benzene rings is 2. The first-order valence-corrected chi connectivity index (χ1v) is 6.65. The summed E-state index contributed by atoms with van der Waals surface area (Å²) in [4.78, 5) is 19.0. The molecule has 0 amide bonds. The molecule has 0 fully saturated rings. The third-order valence-electron chi connectivity index (χ3n) is 3.03. The van der Waals surface area contributed by atoms with Crippen molar-refractivity contribution in [3.63, 3.8) is 0 Å². The molecule has 2 aromatic carbocycles. The molecule has 0 spiro atoms. The van der Waals surface area contributed by atoms with E-state index in [0.29, 0.717) is 33.3 Å². The molecule has 0 saturated carbocycles. The van der Waals surface area contributed by atoms with Crippen molar-refractivity contribution in [1.82, 2.24) is 9.97 Å². The lowest BCUT2D eigenvalue weighted by Gasteiger charge is -2.08. The lowest BCUT2D eigenvalue weighted by Crippen LogP contribution is -2.11. The number of H-pyrrole nitrogens is 1. The molecule has 0 aliphatic heterocycles. The summed E-state index contributed by atoms with van der Waals surface area (Å²) in [5, 5.41) is 4.05. The molecule has 1 heterocycles. The van der Waals surface area contributed by atoms with Gasteiger partial charge in [-0.25, -0.2) is 4.98 Å². The molecule has 0 unspecified atom stereocenters. The Bertz CT molecular complexity index is 861. The molecular weight excluding hydrogens is 290 g/mol. The van der Waals surface area contributed by atoms with Crippen LogP contribution in [0.15, 0.2) is 47.3 Å². The largest absolute Gasteiger partial charge is 0.495 e. The van der Waals surface area contributed by atoms with E-state index in [-0.39, 0.29) is 5.56 Å². The maximum atomic E-state index is 12.0. The summed E-state index contributed by atoms with van der Waals surface area (Å²) in [6, 6.07) is 12.4. The van der Waals surface area contributed by atoms with Crippen molar-refractivity contribution in [3.05, 3.63) is 57.8 Å². The molecular formula is C15H12ClN3O2. The third kappa shape index (κ3) is 2.68. The first-order chi connectivity index (χ1) is 10.2. The first kappa shape index (κ1) is 13.5. The van der Waals surface area contributed by atoms with Gasteiger partial charge in [-0.1, -0.05) is 23.7 Å². The molecule has 106 valence electrons. The number of methoxy groups -OCH3 is 1. The Kier molecular flexibility index (Phi) is 3.50. The molecule has 0 aliphatic carbocycles. The number of nitrogens with one attached hydrogen (secondary N) is 2. The van der Waals surface area contributed by atoms with Crippen LogP contribution >= 0.6 is 11.6 Å². The third-order valence-corrected chi connectivity index (χ3v) is 3.32. The molecule has 0 bridgehead atoms. The number of hydrogen-bond donors (Lipinski definition) is 2. The van der Waals surface area contributed by atoms with Gasteiger partial charge >= 0.3 is 0 Å². The van der Waals surface area contributed by atoms with Gasteiger partial charge in [0, 0.05) is 5.69 Å². The second-order valence-electron chi connectivity index (χ2n) is 4.41. The average Bonchev–Trinajstić information content (AvgIpc) is 2.47. The molecule has 6 heteroatoms. The van der Waals surface area contributed by atoms with Gasteiger partial charge in [0.05, 0.1) is 23.0 Å². The fourth-order valence-electron chi connectivity index (χ4n) is 2.03. The Morgan fingerprint density at radius 1 is 1.24 bits per heavy atom. The van der Waals surface area contributed by atoms with Crippen molar-refractivity contribution in [3.8, 4) is 5.75 Å². The molecule has 2 N–H and O–H groups in total. The van der Waals surface area contributed by atoms with E-state index in [2.05, 4.69) is 15.3 Å². The second-order valence-corrected chi connectivity index (χ2v) is 4.81. The number of fused-ring (bicyclic) bond motifs is 1. The predicted octanol–water partition coefficient (Wildman–Crippen LogP) is 3.33. The van der Waals surface area contributed by atoms with Gasteiger partial charge in [-0.2, -0.15) is 0 Å². The first-order valence-electron chi connectivity index (χ1n) is 6.27. The maximum Gasteiger partial charge on any atom is 0.260 e. The molecule has 3 rings (SSSR count). The Hall–Kier alpha value is -2.53. The second kappa shape index (κ2) is 5.46. The van der Waals surface area contributed by atoms with Gasteiger partial charge in [-0.15, -0.1) is 0 Å². The number of nitrogens with zero attached hydrogens (tertiary/aromatic N) is 1. The monoisotopic (exact) mass is 301 g/mol. The normalized spacial score (nSPS) is 10.6. The van der Waals surface area contributed by atoms with Crippen LogP contribution in [0.25, 0.3) is 10.9 Å². The summed E-state index contributed by atoms with van der Waals surface area (Å²) in [7, 11) is 1.55. The Labute approximate surface area is 125 Å². The molecule has 0 radical (unpaired) electrons. The summed E-state index contributed by atoms with van der Waals surface area (Å²) in [5.74, 6) is 0.946. The summed E-state index contributed by atoms with van der Waals surface area (Å²) >= 11 is 6.06. The topological polar surface area (TPSA) is 67.0 Å². The fourth-order valence-corrected chi connectivity index (χ4v) is 2.28. The van der Waals surface area contributed by atoms with Crippen molar-refractivity contribution < 1.29 is 4.74 Å². The highest BCUT2D eigenvalue weighted by molar-refractivity contribution is 6.32. The molecule has 0 saturated heterocycles. The van der Waals surface area contributed by atoms with E-state index in [4.69, 9.17) is 16.3 Å². The lowest BCUT2D eigenvalue weighted by molar-refractivity contribution is 0.415. The van der Waals surface area contributed by atoms with Crippen molar-refractivity contribution in [2.45, 2.75) is 0 Å². The van der Waals surface area contributed by atoms with Crippen LogP contribution in [-0.2, 0) is 0 Å². The van der Waals surface area contributed by atoms with E-state index in [1.807, 2.05) is 6.07 Å². The highest BCUT2D eigenvalue weighted by Gasteiger charge is 2.05. The van der Waals surface area contributed by atoms with E-state index < -0.39 is 0 Å². The highest BCUT2D eigenvalue weighted by atomic mass is 35.5. The van der Waals surface area contributed by atoms with E-state index in [1.165, 1.54) is 0 Å². The van der Waals surface area contributed by atoms with Crippen LogP contribution in [0.1, 0.15) is 0 Å². The van der Waals surface area contributed by atoms with E-state index in [9.17, 15) is 4.79 Å². The number of hydrogen-bond acceptors (Lipinski definition) is 4. The van der Waals surface area contributed by atoms with Crippen LogP contribution in [0.5, 0.6) is 5.75 Å². The number of rotatable bonds is 3. The molecule has 21 heavy (non-hydrogen) atoms. The van der Waals surface area contributed by atoms with Crippen LogP contribution in [0.4, 0.5) is 11.6 Å². The SMILES string of the molecule is COc1ccc(Nc2nc3ccccc3c(=O)[nH]2)cc1Cl. The van der Waals surface area contributed by atoms with Crippen LogP contribution < -0.4 is 15.6 Å². The number of aromatic nitrogens is 2. The highest BCUT2D eigenvalue weighted by Crippen LogP contribution is 2.28. The zero-order valence-corrected chi connectivity index (χ0v) is 11.9. The van der Waals surface area contributed by atoms with Gasteiger partial charge in [0.25, 0.3) is 5.56 Å². The molecule has 3 aromatic rings. The van der Waals surface area contributed by atoms with Crippen molar-refractivity contribution >= 4 is 34.1 Å². The smallest absolute Gasteiger partial charge is 0.260 e. The standard InChI is InChI=1S/C15H12ClN3O2/c1-21-13-7-6-9(8-11(13)16)17-15-18-12-5-3-2-4-10(12)14(20)19-15/h2-8H,1H3,(H2,17,18,19,20). The number of para-hydroxylation sites is 1. The van der Waals surface area contributed by atoms with Crippen LogP contribution in [-0.4, -0.2) is 17.1 Å². The summed E-state index contributed by atoms with van der Waals surface area (Å²) < 4.78 is 5.09. The Morgan fingerprint density at radius 3 is 2.81 bits per heavy atom. The van der Waals surface area contributed by atoms with Crippen LogP contribution in [0.3, 0.4) is 0 Å². The van der Waals surface area contributed by atoms with Gasteiger partial charge in [-0.05, 0) is 30.3 Å². The maximum absolute atomic E-state index is 12.0. The van der Waals surface area contributed by atoms with Gasteiger partial charge in [0.15, 0.2) is 0 Å². The quantitative estimate of drug-likeness (QED) is 0.778. The van der Waals surface area contributed by atoms with E-state index in [0.717, 1.165) is 0 Å². The van der Waals surface area contributed by atoms with Gasteiger partial charge < -0.3 is 10.1 Å². The minimum atomic E-state index is -0.192. The number of aromatic amines is 1. The average molecular weight is 302 g/mol. The minimum absolute atomic E-state index is 0.192. The number of halogens is 1. The summed E-state index contributed by atoms with van der Waals surface area (Å²) in [5.41, 5.74) is 1.14. The van der Waals surface area contributed by atoms with Gasteiger partial charge in [-0.3, -0.25) is 9.78 Å². The zero-order chi connectivity index (χ0) is 14.8. The Balaban J connectivity index is 1.98. The van der Waals surface area contributed by atoms with Gasteiger partial charge in [0.2, 0.25) is 5.95 Å². The fraction of sp³-hybridized carbons (Fsp3) is 0.0667. The summed E-state index contributed by atoms with van der Waals surface area (Å²) in [6.07, 6.45) is 0. The minimum Gasteiger partial charge on any atom is -0.495 e. The van der Waals surface area contributed by atoms with Crippen molar-refractivity contribution in [1.29, 1.82) is 0 Å². The van der Waals surface area contributed by atoms with Crippen LogP contribution in [0, 0.1) is 0 Å². The Morgan fingerprint density at radius 2 is 2.05 bits per heavy atom. The zero-order valence-electron chi connectivity index (χ0n) is 11.2. The number of anilines is 2. The van der Waals surface area contributed by atoms with E-state index in [1.54, 1.807) is 43.5 Å². The summed E-state index contributed by atoms with van der Waals surface area (Å²) in [6.45, 7) is 0. The molecule has 0 aliphatic rings. The van der Waals surface area contributed by atoms with Crippen molar-refractivity contribution in [2.24, 2.45) is 0 Å². The van der Waals surface area contributed by atoms with E-state index >= 15 is 0 Å². The van der Waals surface area contributed by atoms with Crippen molar-refractivity contribution in [2.75, 3.05) is 12.4 Å². The molecule has 5 nitrogen and oxygen atoms in total. The molecule has 1 aromatic heterocycles.